The molecule has 1 aliphatic rings. The molecule has 0 spiro atoms. The Morgan fingerprint density at radius 3 is 3.33 bits per heavy atom. The summed E-state index contributed by atoms with van der Waals surface area (Å²) in [4.78, 5) is 0. The van der Waals surface area contributed by atoms with Crippen LogP contribution in [0.5, 0.6) is 0 Å². The van der Waals surface area contributed by atoms with E-state index in [9.17, 15) is 0 Å². The van der Waals surface area contributed by atoms with Gasteiger partial charge in [-0.3, -0.25) is 0 Å². The molecule has 0 radical (unpaired) electrons. The first-order valence-electron chi connectivity index (χ1n) is 4.93. The second kappa shape index (κ2) is 4.99. The summed E-state index contributed by atoms with van der Waals surface area (Å²) in [5.74, 6) is 3.76. The predicted octanol–water partition coefficient (Wildman–Crippen LogP) is 1.51. The highest BCUT2D eigenvalue weighted by Crippen LogP contribution is 2.23. The van der Waals surface area contributed by atoms with E-state index in [0.717, 1.165) is 6.54 Å². The first-order valence-corrected chi connectivity index (χ1v) is 6.09. The average Bonchev–Trinajstić information content (AvgIpc) is 2.79. The van der Waals surface area contributed by atoms with Gasteiger partial charge in [0.15, 0.2) is 5.82 Å². The fourth-order valence-corrected chi connectivity index (χ4v) is 2.82. The van der Waals surface area contributed by atoms with Gasteiger partial charge in [-0.05, 0) is 29.9 Å². The van der Waals surface area contributed by atoms with Crippen molar-refractivity contribution < 1.29 is 0 Å². The maximum atomic E-state index is 8.85. The highest BCUT2D eigenvalue weighted by Gasteiger charge is 2.15. The van der Waals surface area contributed by atoms with Crippen molar-refractivity contribution in [2.75, 3.05) is 23.4 Å². The Kier molecular flexibility index (Phi) is 3.41. The van der Waals surface area contributed by atoms with Crippen LogP contribution in [0.4, 0.5) is 5.82 Å². The summed E-state index contributed by atoms with van der Waals surface area (Å²) >= 11 is 1.99. The molecule has 1 N–H and O–H groups in total. The molecule has 78 valence electrons. The SMILES string of the molecule is N#Cc1ccnnc1NCC1CCSC1. The molecule has 0 aliphatic carbocycles. The molecule has 4 nitrogen and oxygen atoms in total. The molecule has 1 unspecified atom stereocenters. The van der Waals surface area contributed by atoms with Gasteiger partial charge >= 0.3 is 0 Å². The molecule has 0 aromatic carbocycles. The lowest BCUT2D eigenvalue weighted by Crippen LogP contribution is -2.15. The standard InChI is InChI=1S/C10H12N4S/c11-5-9-1-3-13-14-10(9)12-6-8-2-4-15-7-8/h1,3,8H,2,4,6-7H2,(H,12,14). The third-order valence-electron chi connectivity index (χ3n) is 2.42. The van der Waals surface area contributed by atoms with E-state index < -0.39 is 0 Å². The summed E-state index contributed by atoms with van der Waals surface area (Å²) in [6.07, 6.45) is 2.79. The average molecular weight is 220 g/mol. The Morgan fingerprint density at radius 2 is 2.60 bits per heavy atom. The molecule has 1 atom stereocenters. The lowest BCUT2D eigenvalue weighted by Gasteiger charge is -2.10. The number of rotatable bonds is 3. The molecule has 0 bridgehead atoms. The van der Waals surface area contributed by atoms with Crippen molar-refractivity contribution in [1.29, 1.82) is 5.26 Å². The van der Waals surface area contributed by atoms with E-state index in [-0.39, 0.29) is 0 Å². The zero-order valence-corrected chi connectivity index (χ0v) is 9.13. The van der Waals surface area contributed by atoms with Crippen molar-refractivity contribution in [2.24, 2.45) is 5.92 Å². The van der Waals surface area contributed by atoms with Crippen molar-refractivity contribution in [3.05, 3.63) is 17.8 Å². The quantitative estimate of drug-likeness (QED) is 0.836. The number of nitrogens with one attached hydrogen (secondary N) is 1. The van der Waals surface area contributed by atoms with Crippen molar-refractivity contribution in [2.45, 2.75) is 6.42 Å². The van der Waals surface area contributed by atoms with Gasteiger partial charge in [-0.15, -0.1) is 5.10 Å². The minimum atomic E-state index is 0.565. The first-order chi connectivity index (χ1) is 7.40. The van der Waals surface area contributed by atoms with Gasteiger partial charge in [0.25, 0.3) is 0 Å². The predicted molar refractivity (Wildman–Crippen MR) is 60.7 cm³/mol. The van der Waals surface area contributed by atoms with E-state index in [4.69, 9.17) is 5.26 Å². The van der Waals surface area contributed by atoms with Crippen LogP contribution in [0, 0.1) is 17.2 Å². The molecule has 2 rings (SSSR count). The highest BCUT2D eigenvalue weighted by atomic mass is 32.2. The minimum absolute atomic E-state index is 0.565. The van der Waals surface area contributed by atoms with Crippen LogP contribution in [0.3, 0.4) is 0 Å². The summed E-state index contributed by atoms with van der Waals surface area (Å²) in [6, 6.07) is 3.78. The number of hydrogen-bond donors (Lipinski definition) is 1. The Balaban J connectivity index is 1.95. The number of hydrogen-bond acceptors (Lipinski definition) is 5. The third-order valence-corrected chi connectivity index (χ3v) is 3.65. The summed E-state index contributed by atoms with van der Waals surface area (Å²) < 4.78 is 0. The molecule has 1 aromatic heterocycles. The maximum absolute atomic E-state index is 8.85. The van der Waals surface area contributed by atoms with Crippen LogP contribution in [0.15, 0.2) is 12.3 Å². The molecule has 1 saturated heterocycles. The molecule has 5 heteroatoms. The zero-order chi connectivity index (χ0) is 10.5. The molecule has 1 aromatic rings. The van der Waals surface area contributed by atoms with Gasteiger partial charge in [0.2, 0.25) is 0 Å². The van der Waals surface area contributed by atoms with Gasteiger partial charge < -0.3 is 5.32 Å². The topological polar surface area (TPSA) is 61.6 Å². The number of anilines is 1. The first kappa shape index (κ1) is 10.2. The lowest BCUT2D eigenvalue weighted by molar-refractivity contribution is 0.629. The largest absolute Gasteiger partial charge is 0.367 e. The second-order valence-electron chi connectivity index (χ2n) is 3.52. The number of thioether (sulfide) groups is 1. The lowest BCUT2D eigenvalue weighted by atomic mass is 10.1. The van der Waals surface area contributed by atoms with E-state index >= 15 is 0 Å². The van der Waals surface area contributed by atoms with Gasteiger partial charge in [0.05, 0.1) is 11.8 Å². The zero-order valence-electron chi connectivity index (χ0n) is 8.31. The van der Waals surface area contributed by atoms with Crippen LogP contribution in [0.2, 0.25) is 0 Å². The molecule has 0 saturated carbocycles. The van der Waals surface area contributed by atoms with Crippen LogP contribution >= 0.6 is 11.8 Å². The fraction of sp³-hybridized carbons (Fsp3) is 0.500. The van der Waals surface area contributed by atoms with Crippen molar-refractivity contribution in [3.8, 4) is 6.07 Å². The maximum Gasteiger partial charge on any atom is 0.166 e. The Labute approximate surface area is 93.1 Å². The van der Waals surface area contributed by atoms with E-state index in [1.54, 1.807) is 6.07 Å². The second-order valence-corrected chi connectivity index (χ2v) is 4.67. The van der Waals surface area contributed by atoms with E-state index in [0.29, 0.717) is 17.3 Å². The Bertz CT molecular complexity index is 368. The summed E-state index contributed by atoms with van der Waals surface area (Å²) in [7, 11) is 0. The molecule has 0 amide bonds. The van der Waals surface area contributed by atoms with Crippen LogP contribution in [-0.4, -0.2) is 28.2 Å². The Hall–Kier alpha value is -1.28. The van der Waals surface area contributed by atoms with E-state index in [1.807, 2.05) is 11.8 Å². The monoisotopic (exact) mass is 220 g/mol. The van der Waals surface area contributed by atoms with Crippen molar-refractivity contribution in [3.63, 3.8) is 0 Å². The van der Waals surface area contributed by atoms with E-state index in [1.165, 1.54) is 24.1 Å². The van der Waals surface area contributed by atoms with Gasteiger partial charge in [-0.1, -0.05) is 0 Å². The van der Waals surface area contributed by atoms with Gasteiger partial charge in [0.1, 0.15) is 6.07 Å². The van der Waals surface area contributed by atoms with Crippen molar-refractivity contribution >= 4 is 17.6 Å². The molecule has 1 fully saturated rings. The summed E-state index contributed by atoms with van der Waals surface area (Å²) in [6.45, 7) is 0.889. The number of nitriles is 1. The van der Waals surface area contributed by atoms with Crippen LogP contribution in [0.25, 0.3) is 0 Å². The van der Waals surface area contributed by atoms with Crippen LogP contribution < -0.4 is 5.32 Å². The summed E-state index contributed by atoms with van der Waals surface area (Å²) in [5.41, 5.74) is 0.565. The molecule has 2 heterocycles. The van der Waals surface area contributed by atoms with Gasteiger partial charge in [0, 0.05) is 6.54 Å². The van der Waals surface area contributed by atoms with Crippen LogP contribution in [-0.2, 0) is 0 Å². The molecular weight excluding hydrogens is 208 g/mol. The number of aromatic nitrogens is 2. The third kappa shape index (κ3) is 2.60. The smallest absolute Gasteiger partial charge is 0.166 e. The minimum Gasteiger partial charge on any atom is -0.367 e. The molecular formula is C10H12N4S. The van der Waals surface area contributed by atoms with Gasteiger partial charge in [-0.2, -0.15) is 22.1 Å². The highest BCUT2D eigenvalue weighted by molar-refractivity contribution is 7.99. The Morgan fingerprint density at radius 1 is 1.67 bits per heavy atom. The fourth-order valence-electron chi connectivity index (χ4n) is 1.54. The number of nitrogens with zero attached hydrogens (tertiary/aromatic N) is 3. The van der Waals surface area contributed by atoms with Crippen molar-refractivity contribution in [1.82, 2.24) is 10.2 Å². The van der Waals surface area contributed by atoms with E-state index in [2.05, 4.69) is 21.6 Å². The normalized spacial score (nSPS) is 19.8. The van der Waals surface area contributed by atoms with Crippen LogP contribution in [0.1, 0.15) is 12.0 Å². The molecule has 1 aliphatic heterocycles. The summed E-state index contributed by atoms with van der Waals surface area (Å²) in [5, 5.41) is 19.7. The van der Waals surface area contributed by atoms with Gasteiger partial charge in [-0.25, -0.2) is 0 Å². The molecule has 15 heavy (non-hydrogen) atoms.